The summed E-state index contributed by atoms with van der Waals surface area (Å²) in [5.74, 6) is -1.76. The summed E-state index contributed by atoms with van der Waals surface area (Å²) < 4.78 is 0. The quantitative estimate of drug-likeness (QED) is 0.0492. The number of rotatable bonds is 19. The van der Waals surface area contributed by atoms with Crippen molar-refractivity contribution < 1.29 is 44.1 Å². The molecule has 8 N–H and O–H groups in total. The van der Waals surface area contributed by atoms with Gasteiger partial charge in [-0.2, -0.15) is 0 Å². The van der Waals surface area contributed by atoms with Crippen LogP contribution in [0.2, 0.25) is 19.1 Å². The van der Waals surface area contributed by atoms with Gasteiger partial charge < -0.3 is 45.9 Å². The number of hydrogen-bond acceptors (Lipinski definition) is 10. The number of carboxylic acids is 2. The average molecular weight is 763 g/mol. The summed E-state index contributed by atoms with van der Waals surface area (Å²) in [7, 11) is -2.24. The van der Waals surface area contributed by atoms with Gasteiger partial charge in [0.05, 0.1) is 23.5 Å². The molecule has 0 unspecified atom stereocenters. The second kappa shape index (κ2) is 18.5. The Balaban J connectivity index is 1.34. The number of aryl methyl sites for hydroxylation is 1. The number of aliphatic carboxylic acids is 2. The number of aromatic amines is 1. The smallest absolute Gasteiger partial charge is 0.326 e. The lowest BCUT2D eigenvalue weighted by molar-refractivity contribution is -0.143. The van der Waals surface area contributed by atoms with Crippen LogP contribution in [0.3, 0.4) is 0 Å². The number of amides is 3. The van der Waals surface area contributed by atoms with E-state index in [0.29, 0.717) is 48.4 Å². The average Bonchev–Trinajstić information content (AvgIpc) is 3.53. The van der Waals surface area contributed by atoms with Gasteiger partial charge >= 0.3 is 11.9 Å². The van der Waals surface area contributed by atoms with Crippen molar-refractivity contribution >= 4 is 54.6 Å². The second-order valence-corrected chi connectivity index (χ2v) is 18.0. The zero-order chi connectivity index (χ0) is 39.6. The first-order chi connectivity index (χ1) is 25.6. The molecule has 0 radical (unpaired) electrons. The monoisotopic (exact) mass is 762 g/mol. The van der Waals surface area contributed by atoms with Crippen molar-refractivity contribution in [3.63, 3.8) is 0 Å². The molecule has 16 nitrogen and oxygen atoms in total. The van der Waals surface area contributed by atoms with E-state index in [0.717, 1.165) is 11.1 Å². The summed E-state index contributed by atoms with van der Waals surface area (Å²) >= 11 is 0. The van der Waals surface area contributed by atoms with Gasteiger partial charge in [-0.25, -0.2) is 14.6 Å². The van der Waals surface area contributed by atoms with Crippen molar-refractivity contribution in [3.05, 3.63) is 69.3 Å². The second-order valence-electron chi connectivity index (χ2n) is 13.8. The highest BCUT2D eigenvalue weighted by Gasteiger charge is 2.30. The minimum atomic E-state index is -2.24. The van der Waals surface area contributed by atoms with Crippen molar-refractivity contribution in [2.24, 2.45) is 0 Å². The van der Waals surface area contributed by atoms with Gasteiger partial charge in [0.15, 0.2) is 8.32 Å². The summed E-state index contributed by atoms with van der Waals surface area (Å²) in [6.45, 7) is 3.74. The van der Waals surface area contributed by atoms with Gasteiger partial charge in [0.1, 0.15) is 24.5 Å². The Kier molecular flexibility index (Phi) is 14.1. The number of carbonyl (C=O) groups is 5. The first kappa shape index (κ1) is 41.2. The van der Waals surface area contributed by atoms with Gasteiger partial charge in [0.25, 0.3) is 11.5 Å². The lowest BCUT2D eigenvalue weighted by Gasteiger charge is -2.30. The maximum absolute atomic E-state index is 13.1. The molecule has 0 saturated carbocycles. The van der Waals surface area contributed by atoms with E-state index in [1.54, 1.807) is 31.3 Å². The van der Waals surface area contributed by atoms with Gasteiger partial charge in [0, 0.05) is 30.6 Å². The van der Waals surface area contributed by atoms with E-state index >= 15 is 0 Å². The number of fused-ring (bicyclic) bond motifs is 2. The van der Waals surface area contributed by atoms with E-state index in [9.17, 15) is 48.9 Å². The molecule has 4 rings (SSSR count). The van der Waals surface area contributed by atoms with Crippen molar-refractivity contribution in [2.75, 3.05) is 18.0 Å². The molecule has 2 aromatic carbocycles. The van der Waals surface area contributed by atoms with E-state index in [4.69, 9.17) is 6.42 Å². The Labute approximate surface area is 312 Å². The molecule has 1 aliphatic carbocycles. The lowest BCUT2D eigenvalue weighted by atomic mass is 10.0. The zero-order valence-corrected chi connectivity index (χ0v) is 31.2. The van der Waals surface area contributed by atoms with E-state index in [-0.39, 0.29) is 48.8 Å². The van der Waals surface area contributed by atoms with Crippen LogP contribution in [0, 0.1) is 12.3 Å². The van der Waals surface area contributed by atoms with Gasteiger partial charge in [0.2, 0.25) is 11.8 Å². The number of carbonyl (C=O) groups excluding carboxylic acids is 3. The predicted molar refractivity (Wildman–Crippen MR) is 201 cm³/mol. The molecule has 1 aromatic heterocycles. The Morgan fingerprint density at radius 2 is 1.67 bits per heavy atom. The third-order valence-corrected chi connectivity index (χ3v) is 10.7. The molecule has 288 valence electrons. The molecule has 0 spiro atoms. The van der Waals surface area contributed by atoms with Crippen LogP contribution < -0.4 is 26.4 Å². The molecule has 3 atom stereocenters. The first-order valence-corrected chi connectivity index (χ1v) is 20.8. The molecule has 54 heavy (non-hydrogen) atoms. The summed E-state index contributed by atoms with van der Waals surface area (Å²) in [5, 5.41) is 36.5. The molecule has 3 aromatic rings. The van der Waals surface area contributed by atoms with Crippen molar-refractivity contribution in [1.29, 1.82) is 0 Å². The molecule has 0 saturated heterocycles. The van der Waals surface area contributed by atoms with Crippen molar-refractivity contribution in [3.8, 4) is 12.3 Å². The number of aromatic nitrogens is 2. The minimum absolute atomic E-state index is 0.150. The van der Waals surface area contributed by atoms with Crippen molar-refractivity contribution in [2.45, 2.75) is 88.8 Å². The third kappa shape index (κ3) is 11.2. The molecule has 0 aliphatic heterocycles. The molecular weight excluding hydrogens is 717 g/mol. The van der Waals surface area contributed by atoms with Gasteiger partial charge in [-0.05, 0) is 98.8 Å². The largest absolute Gasteiger partial charge is 0.480 e. The maximum Gasteiger partial charge on any atom is 0.326 e. The van der Waals surface area contributed by atoms with Crippen LogP contribution in [0.4, 0.5) is 5.69 Å². The van der Waals surface area contributed by atoms with Crippen LogP contribution in [0.1, 0.15) is 71.9 Å². The molecule has 3 amide bonds. The first-order valence-electron chi connectivity index (χ1n) is 17.6. The molecule has 1 aliphatic rings. The number of nitrogens with zero attached hydrogens (tertiary/aromatic N) is 2. The van der Waals surface area contributed by atoms with E-state index in [1.165, 1.54) is 12.1 Å². The van der Waals surface area contributed by atoms with Gasteiger partial charge in [-0.1, -0.05) is 5.92 Å². The zero-order valence-electron chi connectivity index (χ0n) is 30.2. The van der Waals surface area contributed by atoms with E-state index in [1.807, 2.05) is 11.0 Å². The highest BCUT2D eigenvalue weighted by atomic mass is 28.4. The molecule has 0 bridgehead atoms. The summed E-state index contributed by atoms with van der Waals surface area (Å²) in [4.78, 5) is 93.0. The number of anilines is 1. The Morgan fingerprint density at radius 3 is 2.28 bits per heavy atom. The fourth-order valence-electron chi connectivity index (χ4n) is 6.36. The number of nitrogens with one attached hydrogen (secondary N) is 4. The fraction of sp³-hybridized carbons (Fsp3) is 0.432. The normalized spacial score (nSPS) is 14.7. The fourth-order valence-corrected chi connectivity index (χ4v) is 7.40. The number of aliphatic hydroxyl groups is 1. The Bertz CT molecular complexity index is 1970. The highest BCUT2D eigenvalue weighted by Crippen LogP contribution is 2.39. The molecule has 1 heterocycles. The van der Waals surface area contributed by atoms with Crippen LogP contribution >= 0.6 is 0 Å². The number of benzene rings is 2. The van der Waals surface area contributed by atoms with E-state index < -0.39 is 63.1 Å². The van der Waals surface area contributed by atoms with Crippen LogP contribution in [0.15, 0.2) is 41.2 Å². The molecular formula is C37H46N6O10Si. The standard InChI is InChI=1S/C37H46N6O10Si/c1-4-17-43(30-13-8-23-19-29-26(20-25(23)30)35(48)42-31(21-44)39-29)24-9-6-22(7-10-24)34(47)41-28(37(51)52)12-15-33(46)40-27(36(49)50)11-14-32(45)38-16-5-18-54(2,3)53/h1,6-7,9-10,19-20,27-28,30,44,53H,5,8,11-18,21H2,2-3H3,(H,38,45)(H,40,46)(H,41,47)(H,49,50)(H,51,52)(H,39,42,48)/t27-,28+,30+/m1/s1. The maximum atomic E-state index is 13.1. The van der Waals surface area contributed by atoms with Crippen LogP contribution in [-0.4, -0.2) is 93.2 Å². The molecule has 17 heteroatoms. The van der Waals surface area contributed by atoms with Crippen LogP contribution in [0.5, 0.6) is 0 Å². The van der Waals surface area contributed by atoms with Crippen LogP contribution in [-0.2, 0) is 32.2 Å². The Hall–Kier alpha value is -5.57. The summed E-state index contributed by atoms with van der Waals surface area (Å²) in [6.07, 6.45) is 6.64. The summed E-state index contributed by atoms with van der Waals surface area (Å²) in [6, 6.07) is 7.61. The van der Waals surface area contributed by atoms with Gasteiger partial charge in [-0.15, -0.1) is 6.42 Å². The van der Waals surface area contributed by atoms with Gasteiger partial charge in [-0.3, -0.25) is 19.2 Å². The number of carboxylic acid groups (broad SMARTS) is 2. The van der Waals surface area contributed by atoms with E-state index in [2.05, 4.69) is 31.8 Å². The number of aliphatic hydroxyl groups excluding tert-OH is 1. The Morgan fingerprint density at radius 1 is 1.02 bits per heavy atom. The SMILES string of the molecule is C#CCN(c1ccc(C(=O)N[C@@H](CCC(=O)N[C@H](CCC(=O)NCCC[Si](C)(C)O)C(=O)O)C(=O)O)cc1)[C@H]1CCc2cc3nc(CO)[nH]c(=O)c3cc21. The number of terminal acetylenes is 1. The minimum Gasteiger partial charge on any atom is -0.480 e. The molecule has 0 fully saturated rings. The van der Waals surface area contributed by atoms with Crippen molar-refractivity contribution in [1.82, 2.24) is 25.9 Å². The number of hydrogen-bond donors (Lipinski definition) is 8. The summed E-state index contributed by atoms with van der Waals surface area (Å²) in [5.41, 5.74) is 2.87. The topological polar surface area (TPSA) is 251 Å². The van der Waals surface area contributed by atoms with Crippen LogP contribution in [0.25, 0.3) is 10.9 Å². The lowest BCUT2D eigenvalue weighted by Crippen LogP contribution is -2.44. The number of H-pyrrole nitrogens is 1. The highest BCUT2D eigenvalue weighted by molar-refractivity contribution is 6.69. The third-order valence-electron chi connectivity index (χ3n) is 9.15. The predicted octanol–water partition coefficient (Wildman–Crippen LogP) is 1.56.